The van der Waals surface area contributed by atoms with E-state index < -0.39 is 5.97 Å². The molecule has 1 heterocycles. The van der Waals surface area contributed by atoms with Crippen LogP contribution in [0.1, 0.15) is 15.9 Å². The van der Waals surface area contributed by atoms with Gasteiger partial charge in [0, 0.05) is 12.0 Å². The highest BCUT2D eigenvalue weighted by atomic mass is 16.5. The third-order valence-electron chi connectivity index (χ3n) is 1.93. The number of benzene rings is 1. The highest BCUT2D eigenvalue weighted by molar-refractivity contribution is 5.90. The monoisotopic (exact) mass is 163 g/mol. The first-order valence-corrected chi connectivity index (χ1v) is 3.75. The highest BCUT2D eigenvalue weighted by Crippen LogP contribution is 2.28. The van der Waals surface area contributed by atoms with Crippen LogP contribution in [-0.2, 0) is 6.42 Å². The van der Waals surface area contributed by atoms with Gasteiger partial charge >= 0.3 is 0 Å². The van der Waals surface area contributed by atoms with E-state index in [1.807, 2.05) is 6.07 Å². The summed E-state index contributed by atoms with van der Waals surface area (Å²) >= 11 is 0. The fourth-order valence-electron chi connectivity index (χ4n) is 1.38. The Hall–Kier alpha value is -1.51. The van der Waals surface area contributed by atoms with Crippen LogP contribution in [0.15, 0.2) is 18.2 Å². The second kappa shape index (κ2) is 2.52. The number of carbonyl (C=O) groups is 1. The first kappa shape index (κ1) is 7.16. The van der Waals surface area contributed by atoms with E-state index in [1.165, 1.54) is 6.07 Å². The van der Waals surface area contributed by atoms with Gasteiger partial charge in [-0.05, 0) is 11.6 Å². The van der Waals surface area contributed by atoms with Gasteiger partial charge in [-0.2, -0.15) is 0 Å². The third-order valence-corrected chi connectivity index (χ3v) is 1.93. The summed E-state index contributed by atoms with van der Waals surface area (Å²) in [5.41, 5.74) is 1.11. The van der Waals surface area contributed by atoms with Crippen molar-refractivity contribution < 1.29 is 14.6 Å². The summed E-state index contributed by atoms with van der Waals surface area (Å²) in [6, 6.07) is 5.08. The molecule has 62 valence electrons. The quantitative estimate of drug-likeness (QED) is 0.584. The molecule has 0 bridgehead atoms. The Morgan fingerprint density at radius 1 is 1.50 bits per heavy atom. The minimum Gasteiger partial charge on any atom is -0.545 e. The predicted octanol–water partition coefficient (Wildman–Crippen LogP) is -0.0150. The van der Waals surface area contributed by atoms with Crippen molar-refractivity contribution in [3.05, 3.63) is 29.3 Å². The largest absolute Gasteiger partial charge is 0.545 e. The van der Waals surface area contributed by atoms with Crippen LogP contribution < -0.4 is 9.84 Å². The molecule has 0 aromatic heterocycles. The van der Waals surface area contributed by atoms with E-state index in [0.717, 1.165) is 12.0 Å². The zero-order valence-corrected chi connectivity index (χ0v) is 6.37. The van der Waals surface area contributed by atoms with Gasteiger partial charge in [0.05, 0.1) is 12.6 Å². The Balaban J connectivity index is 2.56. The van der Waals surface area contributed by atoms with Crippen molar-refractivity contribution in [1.82, 2.24) is 0 Å². The number of hydrogen-bond acceptors (Lipinski definition) is 3. The molecule has 2 rings (SSSR count). The van der Waals surface area contributed by atoms with Crippen molar-refractivity contribution >= 4 is 5.97 Å². The molecule has 0 radical (unpaired) electrons. The van der Waals surface area contributed by atoms with E-state index >= 15 is 0 Å². The molecule has 3 nitrogen and oxygen atoms in total. The molecule has 0 amide bonds. The molecule has 12 heavy (non-hydrogen) atoms. The molecule has 0 aliphatic carbocycles. The van der Waals surface area contributed by atoms with Gasteiger partial charge in [-0.1, -0.05) is 12.1 Å². The number of fused-ring (bicyclic) bond motifs is 1. The number of rotatable bonds is 1. The fourth-order valence-corrected chi connectivity index (χ4v) is 1.38. The van der Waals surface area contributed by atoms with Crippen molar-refractivity contribution in [2.45, 2.75) is 6.42 Å². The normalized spacial score (nSPS) is 13.7. The number of carboxylic acid groups (broad SMARTS) is 1. The summed E-state index contributed by atoms with van der Waals surface area (Å²) < 4.78 is 5.17. The van der Waals surface area contributed by atoms with Gasteiger partial charge in [-0.15, -0.1) is 0 Å². The topological polar surface area (TPSA) is 49.4 Å². The van der Waals surface area contributed by atoms with Crippen LogP contribution in [0, 0.1) is 0 Å². The number of aromatic carboxylic acids is 1. The van der Waals surface area contributed by atoms with Gasteiger partial charge in [0.25, 0.3) is 0 Å². The fraction of sp³-hybridized carbons (Fsp3) is 0.222. The van der Waals surface area contributed by atoms with Crippen LogP contribution in [-0.4, -0.2) is 12.6 Å². The average molecular weight is 163 g/mol. The van der Waals surface area contributed by atoms with Crippen LogP contribution >= 0.6 is 0 Å². The Labute approximate surface area is 69.6 Å². The van der Waals surface area contributed by atoms with Gasteiger partial charge in [-0.25, -0.2) is 0 Å². The average Bonchev–Trinajstić information content (AvgIpc) is 2.49. The van der Waals surface area contributed by atoms with Crippen molar-refractivity contribution in [2.24, 2.45) is 0 Å². The summed E-state index contributed by atoms with van der Waals surface area (Å²) in [6.45, 7) is 0.569. The Bertz CT molecular complexity index is 331. The molecule has 0 fully saturated rings. The predicted molar refractivity (Wildman–Crippen MR) is 40.0 cm³/mol. The lowest BCUT2D eigenvalue weighted by atomic mass is 10.1. The highest BCUT2D eigenvalue weighted by Gasteiger charge is 2.15. The lowest BCUT2D eigenvalue weighted by molar-refractivity contribution is -0.255. The molecule has 0 atom stereocenters. The molecule has 0 saturated carbocycles. The maximum atomic E-state index is 10.6. The molecule has 3 heteroatoms. The molecule has 0 unspecified atom stereocenters. The lowest BCUT2D eigenvalue weighted by Crippen LogP contribution is -2.22. The molecule has 1 aliphatic heterocycles. The van der Waals surface area contributed by atoms with Crippen molar-refractivity contribution in [3.63, 3.8) is 0 Å². The molecular formula is C9H7O3-. The Kier molecular flexibility index (Phi) is 1.50. The Morgan fingerprint density at radius 3 is 3.08 bits per heavy atom. The molecule has 1 aliphatic rings. The van der Waals surface area contributed by atoms with Gasteiger partial charge in [-0.3, -0.25) is 0 Å². The number of para-hydroxylation sites is 1. The van der Waals surface area contributed by atoms with Crippen LogP contribution in [0.2, 0.25) is 0 Å². The second-order valence-electron chi connectivity index (χ2n) is 2.68. The molecule has 0 N–H and O–H groups in total. The first-order valence-electron chi connectivity index (χ1n) is 3.75. The van der Waals surface area contributed by atoms with Crippen LogP contribution in [0.25, 0.3) is 0 Å². The van der Waals surface area contributed by atoms with Gasteiger partial charge in [0.2, 0.25) is 0 Å². The minimum atomic E-state index is -1.17. The van der Waals surface area contributed by atoms with Crippen LogP contribution in [0.4, 0.5) is 0 Å². The van der Waals surface area contributed by atoms with Crippen LogP contribution in [0.5, 0.6) is 5.75 Å². The molecular weight excluding hydrogens is 156 g/mol. The molecule has 0 saturated heterocycles. The SMILES string of the molecule is O=C([O-])c1cccc2c1OCC2. The molecule has 0 spiro atoms. The van der Waals surface area contributed by atoms with E-state index in [-0.39, 0.29) is 5.56 Å². The van der Waals surface area contributed by atoms with Crippen molar-refractivity contribution in [2.75, 3.05) is 6.61 Å². The zero-order valence-electron chi connectivity index (χ0n) is 6.37. The summed E-state index contributed by atoms with van der Waals surface area (Å²) in [6.07, 6.45) is 0.788. The van der Waals surface area contributed by atoms with Crippen molar-refractivity contribution in [3.8, 4) is 5.75 Å². The summed E-state index contributed by atoms with van der Waals surface area (Å²) in [5.74, 6) is -0.689. The van der Waals surface area contributed by atoms with Gasteiger partial charge < -0.3 is 14.6 Å². The molecule has 1 aromatic rings. The van der Waals surface area contributed by atoms with E-state index in [4.69, 9.17) is 4.74 Å². The van der Waals surface area contributed by atoms with Gasteiger partial charge in [0.15, 0.2) is 0 Å². The zero-order chi connectivity index (χ0) is 8.55. The second-order valence-corrected chi connectivity index (χ2v) is 2.68. The summed E-state index contributed by atoms with van der Waals surface area (Å²) in [7, 11) is 0. The maximum absolute atomic E-state index is 10.6. The minimum absolute atomic E-state index is 0.157. The van der Waals surface area contributed by atoms with Gasteiger partial charge in [0.1, 0.15) is 5.75 Å². The molecule has 1 aromatic carbocycles. The third kappa shape index (κ3) is 0.942. The number of ether oxygens (including phenoxy) is 1. The standard InChI is InChI=1S/C9H8O3/c10-9(11)7-3-1-2-6-4-5-12-8(6)7/h1-3H,4-5H2,(H,10,11)/p-1. The van der Waals surface area contributed by atoms with E-state index in [2.05, 4.69) is 0 Å². The first-order chi connectivity index (χ1) is 5.79. The van der Waals surface area contributed by atoms with Crippen LogP contribution in [0.3, 0.4) is 0 Å². The number of carbonyl (C=O) groups excluding carboxylic acids is 1. The smallest absolute Gasteiger partial charge is 0.131 e. The summed E-state index contributed by atoms with van der Waals surface area (Å²) in [4.78, 5) is 10.6. The number of hydrogen-bond donors (Lipinski definition) is 0. The summed E-state index contributed by atoms with van der Waals surface area (Å²) in [5, 5.41) is 10.6. The maximum Gasteiger partial charge on any atom is 0.131 e. The van der Waals surface area contributed by atoms with Crippen molar-refractivity contribution in [1.29, 1.82) is 0 Å². The lowest BCUT2D eigenvalue weighted by Gasteiger charge is -2.07. The number of carboxylic acids is 1. The van der Waals surface area contributed by atoms with E-state index in [1.54, 1.807) is 6.07 Å². The Morgan fingerprint density at radius 2 is 2.33 bits per heavy atom. The van der Waals surface area contributed by atoms with E-state index in [9.17, 15) is 9.90 Å². The van der Waals surface area contributed by atoms with E-state index in [0.29, 0.717) is 12.4 Å².